The second kappa shape index (κ2) is 11.7. The standard InChI is InChI=1S/C23H27Cl2NO4/c1-5-29-26-21(23(2,3)4)16-28-18-8-12-20(13-9-18)30-19-10-6-17(7-11-19)27-15-14-22(24)25/h6-14H,5,15-16H2,1-4H3. The van der Waals surface area contributed by atoms with Gasteiger partial charge in [-0.05, 0) is 61.5 Å². The minimum Gasteiger partial charge on any atom is -0.489 e. The molecule has 0 N–H and O–H groups in total. The van der Waals surface area contributed by atoms with Crippen molar-refractivity contribution in [1.29, 1.82) is 0 Å². The summed E-state index contributed by atoms with van der Waals surface area (Å²) in [6.07, 6.45) is 1.57. The van der Waals surface area contributed by atoms with Gasteiger partial charge in [0.2, 0.25) is 0 Å². The van der Waals surface area contributed by atoms with E-state index >= 15 is 0 Å². The Morgan fingerprint density at radius 2 is 1.37 bits per heavy atom. The van der Waals surface area contributed by atoms with Crippen LogP contribution in [0.2, 0.25) is 0 Å². The topological polar surface area (TPSA) is 49.3 Å². The molecule has 2 aromatic carbocycles. The zero-order valence-electron chi connectivity index (χ0n) is 17.7. The van der Waals surface area contributed by atoms with Crippen molar-refractivity contribution >= 4 is 28.9 Å². The monoisotopic (exact) mass is 451 g/mol. The van der Waals surface area contributed by atoms with Crippen LogP contribution in [-0.2, 0) is 4.84 Å². The quantitative estimate of drug-likeness (QED) is 0.288. The van der Waals surface area contributed by atoms with Gasteiger partial charge in [-0.15, -0.1) is 0 Å². The van der Waals surface area contributed by atoms with Gasteiger partial charge in [0.05, 0.1) is 5.71 Å². The molecule has 0 fully saturated rings. The molecule has 0 aliphatic carbocycles. The maximum absolute atomic E-state index is 5.86. The highest BCUT2D eigenvalue weighted by atomic mass is 35.5. The van der Waals surface area contributed by atoms with Crippen LogP contribution in [-0.4, -0.2) is 25.5 Å². The fourth-order valence-corrected chi connectivity index (χ4v) is 2.34. The number of halogens is 2. The van der Waals surface area contributed by atoms with E-state index in [2.05, 4.69) is 25.9 Å². The molecule has 0 aliphatic rings. The van der Waals surface area contributed by atoms with E-state index in [0.29, 0.717) is 37.1 Å². The smallest absolute Gasteiger partial charge is 0.130 e. The molecule has 2 aromatic rings. The average molecular weight is 452 g/mol. The predicted octanol–water partition coefficient (Wildman–Crippen LogP) is 6.99. The van der Waals surface area contributed by atoms with Gasteiger partial charge in [0.25, 0.3) is 0 Å². The van der Waals surface area contributed by atoms with Crippen LogP contribution in [0.3, 0.4) is 0 Å². The summed E-state index contributed by atoms with van der Waals surface area (Å²) in [5.41, 5.74) is 0.705. The molecule has 7 heteroatoms. The van der Waals surface area contributed by atoms with E-state index in [1.165, 1.54) is 0 Å². The molecular weight excluding hydrogens is 425 g/mol. The summed E-state index contributed by atoms with van der Waals surface area (Å²) in [4.78, 5) is 5.20. The fourth-order valence-electron chi connectivity index (χ4n) is 2.22. The minimum absolute atomic E-state index is 0.138. The number of hydrogen-bond donors (Lipinski definition) is 0. The molecule has 30 heavy (non-hydrogen) atoms. The summed E-state index contributed by atoms with van der Waals surface area (Å²) in [5, 5.41) is 4.18. The highest BCUT2D eigenvalue weighted by Crippen LogP contribution is 2.26. The van der Waals surface area contributed by atoms with Gasteiger partial charge < -0.3 is 19.0 Å². The highest BCUT2D eigenvalue weighted by molar-refractivity contribution is 6.55. The van der Waals surface area contributed by atoms with Crippen molar-refractivity contribution in [2.45, 2.75) is 27.7 Å². The van der Waals surface area contributed by atoms with Gasteiger partial charge in [0, 0.05) is 5.41 Å². The molecule has 162 valence electrons. The first-order chi connectivity index (χ1) is 14.3. The van der Waals surface area contributed by atoms with E-state index in [-0.39, 0.29) is 9.91 Å². The largest absolute Gasteiger partial charge is 0.489 e. The van der Waals surface area contributed by atoms with E-state index in [0.717, 1.165) is 11.5 Å². The molecule has 0 unspecified atom stereocenters. The molecule has 0 saturated carbocycles. The van der Waals surface area contributed by atoms with Crippen LogP contribution in [0.5, 0.6) is 23.0 Å². The summed E-state index contributed by atoms with van der Waals surface area (Å²) in [6, 6.07) is 14.7. The van der Waals surface area contributed by atoms with Gasteiger partial charge in [-0.3, -0.25) is 0 Å². The van der Waals surface area contributed by atoms with E-state index < -0.39 is 0 Å². The molecule has 2 rings (SSSR count). The summed E-state index contributed by atoms with van der Waals surface area (Å²) in [6.45, 7) is 9.31. The second-order valence-electron chi connectivity index (χ2n) is 7.34. The van der Waals surface area contributed by atoms with E-state index in [9.17, 15) is 0 Å². The molecule has 5 nitrogen and oxygen atoms in total. The molecule has 0 radical (unpaired) electrons. The number of oxime groups is 1. The summed E-state index contributed by atoms with van der Waals surface area (Å²) in [5.74, 6) is 2.82. The molecule has 0 bridgehead atoms. The van der Waals surface area contributed by atoms with Gasteiger partial charge in [0.1, 0.15) is 47.3 Å². The molecule has 0 atom stereocenters. The third-order valence-corrected chi connectivity index (χ3v) is 4.22. The van der Waals surface area contributed by atoms with Crippen LogP contribution in [0.15, 0.2) is 64.3 Å². The van der Waals surface area contributed by atoms with Gasteiger partial charge in [-0.1, -0.05) is 49.1 Å². The number of ether oxygens (including phenoxy) is 3. The lowest BCUT2D eigenvalue weighted by Crippen LogP contribution is -2.27. The molecule has 0 amide bonds. The van der Waals surface area contributed by atoms with Crippen molar-refractivity contribution in [3.8, 4) is 23.0 Å². The molecule has 0 aliphatic heterocycles. The zero-order chi connectivity index (χ0) is 22.0. The van der Waals surface area contributed by atoms with Crippen LogP contribution in [0.4, 0.5) is 0 Å². The van der Waals surface area contributed by atoms with Crippen LogP contribution in [0.1, 0.15) is 27.7 Å². The van der Waals surface area contributed by atoms with Crippen molar-refractivity contribution in [1.82, 2.24) is 0 Å². The molecule has 0 heterocycles. The second-order valence-corrected chi connectivity index (χ2v) is 8.35. The highest BCUT2D eigenvalue weighted by Gasteiger charge is 2.20. The number of benzene rings is 2. The predicted molar refractivity (Wildman–Crippen MR) is 122 cm³/mol. The normalized spacial score (nSPS) is 11.6. The SMILES string of the molecule is CCON=C(COc1ccc(Oc2ccc(OCC=C(Cl)Cl)cc2)cc1)C(C)(C)C. The van der Waals surface area contributed by atoms with Gasteiger partial charge in [-0.2, -0.15) is 0 Å². The van der Waals surface area contributed by atoms with Crippen molar-refractivity contribution in [3.05, 3.63) is 59.1 Å². The van der Waals surface area contributed by atoms with Gasteiger partial charge >= 0.3 is 0 Å². The Morgan fingerprint density at radius 1 is 0.867 bits per heavy atom. The lowest BCUT2D eigenvalue weighted by molar-refractivity contribution is 0.152. The molecule has 0 saturated heterocycles. The maximum Gasteiger partial charge on any atom is 0.130 e. The Balaban J connectivity index is 1.90. The Bertz CT molecular complexity index is 837. The first-order valence-electron chi connectivity index (χ1n) is 9.62. The molecular formula is C23H27Cl2NO4. The fraction of sp³-hybridized carbons (Fsp3) is 0.348. The first-order valence-corrected chi connectivity index (χ1v) is 10.4. The third kappa shape index (κ3) is 8.56. The Kier molecular flexibility index (Phi) is 9.34. The number of hydrogen-bond acceptors (Lipinski definition) is 5. The van der Waals surface area contributed by atoms with Gasteiger partial charge in [0.15, 0.2) is 0 Å². The van der Waals surface area contributed by atoms with E-state index in [1.807, 2.05) is 55.5 Å². The zero-order valence-corrected chi connectivity index (χ0v) is 19.2. The van der Waals surface area contributed by atoms with Crippen LogP contribution in [0.25, 0.3) is 0 Å². The Morgan fingerprint density at radius 3 is 1.83 bits per heavy atom. The van der Waals surface area contributed by atoms with E-state index in [4.69, 9.17) is 42.3 Å². The first kappa shape index (κ1) is 23.9. The van der Waals surface area contributed by atoms with Gasteiger partial charge in [-0.25, -0.2) is 0 Å². The van der Waals surface area contributed by atoms with Crippen molar-refractivity contribution in [2.75, 3.05) is 19.8 Å². The maximum atomic E-state index is 5.86. The van der Waals surface area contributed by atoms with Crippen LogP contribution >= 0.6 is 23.2 Å². The van der Waals surface area contributed by atoms with Crippen LogP contribution in [0, 0.1) is 5.41 Å². The number of rotatable bonds is 10. The third-order valence-electron chi connectivity index (χ3n) is 3.92. The Hall–Kier alpha value is -2.37. The Labute approximate surface area is 188 Å². The number of nitrogens with zero attached hydrogens (tertiary/aromatic N) is 1. The summed E-state index contributed by atoms with van der Waals surface area (Å²) >= 11 is 11.1. The van der Waals surface area contributed by atoms with Crippen molar-refractivity contribution in [3.63, 3.8) is 0 Å². The molecule has 0 aromatic heterocycles. The molecule has 0 spiro atoms. The lowest BCUT2D eigenvalue weighted by atomic mass is 9.90. The van der Waals surface area contributed by atoms with E-state index in [1.54, 1.807) is 6.08 Å². The van der Waals surface area contributed by atoms with Crippen molar-refractivity contribution in [2.24, 2.45) is 10.6 Å². The summed E-state index contributed by atoms with van der Waals surface area (Å²) in [7, 11) is 0. The van der Waals surface area contributed by atoms with Crippen LogP contribution < -0.4 is 14.2 Å². The van der Waals surface area contributed by atoms with Crippen molar-refractivity contribution < 1.29 is 19.0 Å². The minimum atomic E-state index is -0.138. The average Bonchev–Trinajstić information content (AvgIpc) is 2.69. The summed E-state index contributed by atoms with van der Waals surface area (Å²) < 4.78 is 17.4. The lowest BCUT2D eigenvalue weighted by Gasteiger charge is -2.21.